The number of fused-ring (bicyclic) bond motifs is 5. The lowest BCUT2D eigenvalue weighted by atomic mass is 9.78. The zero-order chi connectivity index (χ0) is 33.3. The second-order valence-electron chi connectivity index (χ2n) is 14.3. The van der Waals surface area contributed by atoms with Gasteiger partial charge in [-0.2, -0.15) is 0 Å². The van der Waals surface area contributed by atoms with Crippen molar-refractivity contribution >= 4 is 50.9 Å². The Morgan fingerprint density at radius 1 is 0.612 bits per heavy atom. The highest BCUT2D eigenvalue weighted by molar-refractivity contribution is 6.62. The Morgan fingerprint density at radius 2 is 1.22 bits per heavy atom. The van der Waals surface area contributed by atoms with Gasteiger partial charge in [0.05, 0.1) is 33.4 Å². The van der Waals surface area contributed by atoms with Crippen LogP contribution in [0, 0.1) is 0 Å². The summed E-state index contributed by atoms with van der Waals surface area (Å²) in [5, 5.41) is 3.62. The Kier molecular flexibility index (Phi) is 6.88. The van der Waals surface area contributed by atoms with Crippen LogP contribution in [0.2, 0.25) is 0 Å². The highest BCUT2D eigenvalue weighted by Crippen LogP contribution is 2.47. The monoisotopic (exact) mass is 638 g/mol. The third kappa shape index (κ3) is 4.68. The van der Waals surface area contributed by atoms with Crippen molar-refractivity contribution in [3.63, 3.8) is 0 Å². The summed E-state index contributed by atoms with van der Waals surface area (Å²) in [6, 6.07) is 43.8. The molecule has 0 bridgehead atoms. The van der Waals surface area contributed by atoms with E-state index in [1.807, 2.05) is 0 Å². The predicted molar refractivity (Wildman–Crippen MR) is 205 cm³/mol. The number of nitrogens with zero attached hydrogens (tertiary/aromatic N) is 2. The topological polar surface area (TPSA) is 28.3 Å². The van der Waals surface area contributed by atoms with Gasteiger partial charge in [-0.1, -0.05) is 103 Å². The quantitative estimate of drug-likeness (QED) is 0.176. The van der Waals surface area contributed by atoms with Crippen LogP contribution in [0.25, 0.3) is 60.8 Å². The van der Waals surface area contributed by atoms with Crippen LogP contribution < -0.4 is 5.46 Å². The molecule has 1 fully saturated rings. The smallest absolute Gasteiger partial charge is 0.399 e. The third-order valence-electron chi connectivity index (χ3n) is 10.8. The first-order chi connectivity index (χ1) is 23.8. The van der Waals surface area contributed by atoms with E-state index in [4.69, 9.17) is 9.31 Å². The van der Waals surface area contributed by atoms with Crippen LogP contribution in [-0.2, 0) is 9.31 Å². The molecule has 5 heteroatoms. The molecule has 0 spiro atoms. The lowest BCUT2D eigenvalue weighted by molar-refractivity contribution is 0.00578. The maximum Gasteiger partial charge on any atom is 0.494 e. The lowest BCUT2D eigenvalue weighted by Gasteiger charge is -2.32. The molecule has 49 heavy (non-hydrogen) atoms. The number of benzene rings is 5. The molecule has 0 atom stereocenters. The second-order valence-corrected chi connectivity index (χ2v) is 14.3. The van der Waals surface area contributed by atoms with E-state index >= 15 is 0 Å². The van der Waals surface area contributed by atoms with E-state index in [-0.39, 0.29) is 0 Å². The molecule has 4 nitrogen and oxygen atoms in total. The van der Waals surface area contributed by atoms with Gasteiger partial charge in [-0.25, -0.2) is 0 Å². The zero-order valence-electron chi connectivity index (χ0n) is 28.5. The fraction of sp³-hybridized carbons (Fsp3) is 0.182. The summed E-state index contributed by atoms with van der Waals surface area (Å²) in [5.74, 6) is 0. The van der Waals surface area contributed by atoms with Crippen molar-refractivity contribution in [1.82, 2.24) is 9.13 Å². The normalized spacial score (nSPS) is 17.0. The largest absolute Gasteiger partial charge is 0.494 e. The van der Waals surface area contributed by atoms with Gasteiger partial charge in [-0.05, 0) is 93.5 Å². The highest BCUT2D eigenvalue weighted by Gasteiger charge is 2.51. The number of aromatic nitrogens is 2. The van der Waals surface area contributed by atoms with Crippen molar-refractivity contribution < 1.29 is 9.31 Å². The van der Waals surface area contributed by atoms with Crippen LogP contribution in [0.5, 0.6) is 0 Å². The van der Waals surface area contributed by atoms with Gasteiger partial charge in [0.25, 0.3) is 0 Å². The summed E-state index contributed by atoms with van der Waals surface area (Å²) in [5.41, 5.74) is 10.9. The SMILES string of the molecule is CC1(C)OB(c2ccc3c(c2)c2ccc4c(c(-c5ccccc5)c(C5=CCCC=C5)n4-c4ccccc4)c2n3-c2ccccc2)OC1(C)C. The first kappa shape index (κ1) is 30.0. The second kappa shape index (κ2) is 11.2. The van der Waals surface area contributed by atoms with Crippen LogP contribution in [0.15, 0.2) is 140 Å². The fourth-order valence-corrected chi connectivity index (χ4v) is 7.66. The van der Waals surface area contributed by atoms with Gasteiger partial charge in [0.1, 0.15) is 0 Å². The molecule has 1 saturated heterocycles. The van der Waals surface area contributed by atoms with Crippen molar-refractivity contribution in [2.24, 2.45) is 0 Å². The molecule has 9 rings (SSSR count). The van der Waals surface area contributed by atoms with Crippen LogP contribution in [0.1, 0.15) is 46.2 Å². The molecule has 2 aromatic heterocycles. The zero-order valence-corrected chi connectivity index (χ0v) is 28.5. The first-order valence-corrected chi connectivity index (χ1v) is 17.4. The Hall–Kier alpha value is -5.10. The summed E-state index contributed by atoms with van der Waals surface area (Å²) in [7, 11) is -0.441. The van der Waals surface area contributed by atoms with E-state index in [1.165, 1.54) is 49.6 Å². The van der Waals surface area contributed by atoms with Crippen molar-refractivity contribution in [2.75, 3.05) is 0 Å². The first-order valence-electron chi connectivity index (χ1n) is 17.4. The van der Waals surface area contributed by atoms with Crippen molar-refractivity contribution in [3.05, 3.63) is 145 Å². The molecule has 1 aliphatic carbocycles. The standard InChI is InChI=1S/C44H39BN2O2/c1-43(2)44(3,4)49-45(48-43)32-25-27-37-36(29-32)35-26-28-38-40(42(35)46(37)33-21-13-7-14-22-33)39(30-17-9-5-10-18-30)41(31-19-11-6-12-20-31)47(38)34-23-15-8-16-24-34/h5,7-11,13-29H,6,12H2,1-4H3. The van der Waals surface area contributed by atoms with E-state index in [1.54, 1.807) is 0 Å². The summed E-state index contributed by atoms with van der Waals surface area (Å²) >= 11 is 0. The molecule has 2 aliphatic rings. The average Bonchev–Trinajstić information content (AvgIpc) is 3.73. The van der Waals surface area contributed by atoms with Gasteiger partial charge in [-0.3, -0.25) is 0 Å². The lowest BCUT2D eigenvalue weighted by Crippen LogP contribution is -2.41. The van der Waals surface area contributed by atoms with Crippen molar-refractivity contribution in [3.8, 4) is 22.5 Å². The molecular weight excluding hydrogens is 599 g/mol. The number of hydrogen-bond acceptors (Lipinski definition) is 2. The van der Waals surface area contributed by atoms with Crippen molar-refractivity contribution in [1.29, 1.82) is 0 Å². The summed E-state index contributed by atoms with van der Waals surface area (Å²) in [4.78, 5) is 0. The van der Waals surface area contributed by atoms with Gasteiger partial charge in [0.15, 0.2) is 0 Å². The van der Waals surface area contributed by atoms with E-state index < -0.39 is 18.3 Å². The third-order valence-corrected chi connectivity index (χ3v) is 10.8. The van der Waals surface area contributed by atoms with Gasteiger partial charge in [0, 0.05) is 33.1 Å². The molecule has 0 radical (unpaired) electrons. The summed E-state index contributed by atoms with van der Waals surface area (Å²) < 4.78 is 18.0. The highest BCUT2D eigenvalue weighted by atomic mass is 16.7. The molecule has 0 saturated carbocycles. The van der Waals surface area contributed by atoms with Gasteiger partial charge in [-0.15, -0.1) is 0 Å². The maximum atomic E-state index is 6.54. The molecule has 1 aliphatic heterocycles. The minimum atomic E-state index is -0.441. The Morgan fingerprint density at radius 3 is 1.86 bits per heavy atom. The molecule has 5 aromatic carbocycles. The van der Waals surface area contributed by atoms with Gasteiger partial charge < -0.3 is 18.4 Å². The van der Waals surface area contributed by atoms with Gasteiger partial charge in [0.2, 0.25) is 0 Å². The van der Waals surface area contributed by atoms with Crippen molar-refractivity contribution in [2.45, 2.75) is 51.7 Å². The molecular formula is C44H39BN2O2. The molecule has 0 N–H and O–H groups in total. The summed E-state index contributed by atoms with van der Waals surface area (Å²) in [6.07, 6.45) is 9.11. The van der Waals surface area contributed by atoms with Crippen LogP contribution in [0.3, 0.4) is 0 Å². The molecule has 0 unspecified atom stereocenters. The molecule has 0 amide bonds. The Bertz CT molecular complexity index is 2420. The number of para-hydroxylation sites is 2. The molecule has 7 aromatic rings. The minimum absolute atomic E-state index is 0.416. The fourth-order valence-electron chi connectivity index (χ4n) is 7.66. The molecule has 240 valence electrons. The van der Waals surface area contributed by atoms with Crippen LogP contribution in [0.4, 0.5) is 0 Å². The maximum absolute atomic E-state index is 6.54. The van der Waals surface area contributed by atoms with E-state index in [2.05, 4.69) is 176 Å². The van der Waals surface area contributed by atoms with Gasteiger partial charge >= 0.3 is 7.12 Å². The van der Waals surface area contributed by atoms with E-state index in [0.29, 0.717) is 0 Å². The van der Waals surface area contributed by atoms with E-state index in [9.17, 15) is 0 Å². The van der Waals surface area contributed by atoms with E-state index in [0.717, 1.165) is 35.2 Å². The predicted octanol–water partition coefficient (Wildman–Crippen LogP) is 10.4. The Balaban J connectivity index is 1.45. The number of rotatable bonds is 5. The summed E-state index contributed by atoms with van der Waals surface area (Å²) in [6.45, 7) is 8.45. The molecule has 3 heterocycles. The Labute approximate surface area is 288 Å². The minimum Gasteiger partial charge on any atom is -0.399 e. The number of hydrogen-bond donors (Lipinski definition) is 0. The number of allylic oxidation sites excluding steroid dienone is 4. The average molecular weight is 639 g/mol. The van der Waals surface area contributed by atoms with Crippen LogP contribution in [-0.4, -0.2) is 27.5 Å². The van der Waals surface area contributed by atoms with Crippen LogP contribution >= 0.6 is 0 Å².